The Morgan fingerprint density at radius 2 is 1.85 bits per heavy atom. The third-order valence-electron chi connectivity index (χ3n) is 3.46. The molecule has 0 fully saturated rings. The van der Waals surface area contributed by atoms with Gasteiger partial charge in [0.1, 0.15) is 11.5 Å². The summed E-state index contributed by atoms with van der Waals surface area (Å²) in [4.78, 5) is 22.9. The number of ketones is 1. The zero-order valence-electron chi connectivity index (χ0n) is 16.1. The van der Waals surface area contributed by atoms with Crippen LogP contribution in [0.2, 0.25) is 0 Å². The molecule has 0 bridgehead atoms. The Kier molecular flexibility index (Phi) is 9.80. The lowest BCUT2D eigenvalue weighted by atomic mass is 10.1. The first-order valence-electron chi connectivity index (χ1n) is 8.51. The molecule has 1 amide bonds. The highest BCUT2D eigenvalue weighted by atomic mass is 33.1. The molecule has 0 aromatic heterocycles. The van der Waals surface area contributed by atoms with Gasteiger partial charge >= 0.3 is 0 Å². The lowest BCUT2D eigenvalue weighted by Gasteiger charge is -2.20. The maximum atomic E-state index is 12.0. The van der Waals surface area contributed by atoms with Gasteiger partial charge in [0, 0.05) is 17.6 Å². The van der Waals surface area contributed by atoms with Crippen LogP contribution in [-0.4, -0.2) is 35.0 Å². The standard InChI is InChI=1S/C19H28N2O3S2/c1-14(22)7-6-12-24-17-10-8-16(9-11-17)15(2)20-21-18(23)13-19(3,4)26-25-5/h8-11H,6-7,12-13H2,1-5H3,(H,21,23)/b20-15+. The molecule has 0 aliphatic carbocycles. The molecule has 0 aliphatic rings. The minimum absolute atomic E-state index is 0.0960. The van der Waals surface area contributed by atoms with E-state index in [1.165, 1.54) is 0 Å². The quantitative estimate of drug-likeness (QED) is 0.259. The first kappa shape index (κ1) is 22.6. The fourth-order valence-electron chi connectivity index (χ4n) is 2.20. The van der Waals surface area contributed by atoms with Crippen molar-refractivity contribution in [2.45, 2.75) is 51.7 Å². The van der Waals surface area contributed by atoms with Crippen molar-refractivity contribution in [1.29, 1.82) is 0 Å². The monoisotopic (exact) mass is 396 g/mol. The molecule has 5 nitrogen and oxygen atoms in total. The van der Waals surface area contributed by atoms with Crippen LogP contribution in [-0.2, 0) is 9.59 Å². The second-order valence-corrected chi connectivity index (χ2v) is 9.70. The summed E-state index contributed by atoms with van der Waals surface area (Å²) in [6.07, 6.45) is 3.66. The maximum Gasteiger partial charge on any atom is 0.241 e. The molecule has 26 heavy (non-hydrogen) atoms. The van der Waals surface area contributed by atoms with Gasteiger partial charge in [-0.25, -0.2) is 5.43 Å². The summed E-state index contributed by atoms with van der Waals surface area (Å²) in [5, 5.41) is 4.19. The number of hydrogen-bond donors (Lipinski definition) is 1. The van der Waals surface area contributed by atoms with Crippen molar-refractivity contribution >= 4 is 39.0 Å². The number of amides is 1. The largest absolute Gasteiger partial charge is 0.494 e. The molecule has 7 heteroatoms. The molecule has 1 N–H and O–H groups in total. The first-order valence-corrected chi connectivity index (χ1v) is 11.1. The summed E-state index contributed by atoms with van der Waals surface area (Å²) in [5.41, 5.74) is 4.27. The van der Waals surface area contributed by atoms with E-state index in [-0.39, 0.29) is 16.4 Å². The fraction of sp³-hybridized carbons (Fsp3) is 0.526. The Hall–Kier alpha value is -1.47. The number of ether oxygens (including phenoxy) is 1. The molecular formula is C19H28N2O3S2. The lowest BCUT2D eigenvalue weighted by Crippen LogP contribution is -2.27. The van der Waals surface area contributed by atoms with Crippen LogP contribution in [0.1, 0.15) is 52.5 Å². The van der Waals surface area contributed by atoms with Gasteiger partial charge in [-0.3, -0.25) is 4.79 Å². The zero-order valence-corrected chi connectivity index (χ0v) is 17.8. The Morgan fingerprint density at radius 1 is 1.19 bits per heavy atom. The molecule has 0 aliphatic heterocycles. The molecule has 0 radical (unpaired) electrons. The highest BCUT2D eigenvalue weighted by Gasteiger charge is 2.22. The van der Waals surface area contributed by atoms with Crippen LogP contribution in [0.4, 0.5) is 0 Å². The van der Waals surface area contributed by atoms with Crippen LogP contribution in [0.5, 0.6) is 5.75 Å². The number of hydrogen-bond acceptors (Lipinski definition) is 6. The van der Waals surface area contributed by atoms with Gasteiger partial charge in [-0.05, 0) is 70.2 Å². The van der Waals surface area contributed by atoms with Gasteiger partial charge in [-0.15, -0.1) is 0 Å². The van der Waals surface area contributed by atoms with Crippen LogP contribution in [0.3, 0.4) is 0 Å². The van der Waals surface area contributed by atoms with Gasteiger partial charge in [-0.1, -0.05) is 21.6 Å². The van der Waals surface area contributed by atoms with E-state index in [2.05, 4.69) is 10.5 Å². The molecule has 1 rings (SSSR count). The topological polar surface area (TPSA) is 67.8 Å². The summed E-state index contributed by atoms with van der Waals surface area (Å²) < 4.78 is 5.47. The second-order valence-electron chi connectivity index (χ2n) is 6.60. The SMILES string of the molecule is CSSC(C)(C)CC(=O)N/N=C(\C)c1ccc(OCCCC(C)=O)cc1. The molecule has 1 aromatic carbocycles. The third-order valence-corrected chi connectivity index (χ3v) is 6.07. The Morgan fingerprint density at radius 3 is 2.42 bits per heavy atom. The summed E-state index contributed by atoms with van der Waals surface area (Å²) >= 11 is 0. The molecule has 0 heterocycles. The van der Waals surface area contributed by atoms with Crippen LogP contribution in [0, 0.1) is 0 Å². The minimum atomic E-state index is -0.131. The summed E-state index contributed by atoms with van der Waals surface area (Å²) in [7, 11) is 3.33. The van der Waals surface area contributed by atoms with Crippen molar-refractivity contribution in [2.24, 2.45) is 5.10 Å². The number of carbonyl (C=O) groups is 2. The normalized spacial score (nSPS) is 12.0. The molecule has 0 spiro atoms. The van der Waals surface area contributed by atoms with Crippen molar-refractivity contribution in [3.8, 4) is 5.75 Å². The summed E-state index contributed by atoms with van der Waals surface area (Å²) in [5.74, 6) is 0.833. The minimum Gasteiger partial charge on any atom is -0.494 e. The third kappa shape index (κ3) is 9.29. The summed E-state index contributed by atoms with van der Waals surface area (Å²) in [6.45, 7) is 8.04. The molecule has 0 atom stereocenters. The van der Waals surface area contributed by atoms with Crippen LogP contribution in [0.15, 0.2) is 29.4 Å². The lowest BCUT2D eigenvalue weighted by molar-refractivity contribution is -0.121. The van der Waals surface area contributed by atoms with E-state index in [0.717, 1.165) is 23.4 Å². The van der Waals surface area contributed by atoms with E-state index in [0.29, 0.717) is 19.4 Å². The van der Waals surface area contributed by atoms with Crippen LogP contribution in [0.25, 0.3) is 0 Å². The van der Waals surface area contributed by atoms with Crippen LogP contribution >= 0.6 is 21.6 Å². The number of benzene rings is 1. The number of Topliss-reactive ketones (excluding diaryl/α,β-unsaturated/α-hetero) is 1. The number of nitrogens with one attached hydrogen (secondary N) is 1. The molecule has 0 saturated carbocycles. The second kappa shape index (κ2) is 11.3. The first-order chi connectivity index (χ1) is 12.2. The van der Waals surface area contributed by atoms with Crippen molar-refractivity contribution < 1.29 is 14.3 Å². The van der Waals surface area contributed by atoms with Crippen molar-refractivity contribution in [2.75, 3.05) is 12.9 Å². The average molecular weight is 397 g/mol. The van der Waals surface area contributed by atoms with Gasteiger partial charge in [0.2, 0.25) is 5.91 Å². The number of rotatable bonds is 11. The smallest absolute Gasteiger partial charge is 0.241 e. The van der Waals surface area contributed by atoms with E-state index in [1.54, 1.807) is 28.5 Å². The maximum absolute atomic E-state index is 12.0. The van der Waals surface area contributed by atoms with Gasteiger partial charge in [-0.2, -0.15) is 5.10 Å². The number of nitrogens with zero attached hydrogens (tertiary/aromatic N) is 1. The predicted molar refractivity (Wildman–Crippen MR) is 112 cm³/mol. The van der Waals surface area contributed by atoms with E-state index in [9.17, 15) is 9.59 Å². The van der Waals surface area contributed by atoms with Gasteiger partial charge in [0.05, 0.1) is 12.3 Å². The van der Waals surface area contributed by atoms with Crippen molar-refractivity contribution in [3.63, 3.8) is 0 Å². The fourth-order valence-corrected chi connectivity index (χ4v) is 4.37. The average Bonchev–Trinajstić information content (AvgIpc) is 2.56. The number of carbonyl (C=O) groups excluding carboxylic acids is 2. The van der Waals surface area contributed by atoms with Crippen LogP contribution < -0.4 is 10.2 Å². The summed E-state index contributed by atoms with van der Waals surface area (Å²) in [6, 6.07) is 7.53. The molecule has 1 aromatic rings. The van der Waals surface area contributed by atoms with Gasteiger partial charge in [0.25, 0.3) is 0 Å². The Labute approximate surface area is 164 Å². The zero-order chi connectivity index (χ0) is 19.6. The van der Waals surface area contributed by atoms with Gasteiger partial charge < -0.3 is 9.53 Å². The van der Waals surface area contributed by atoms with E-state index in [1.807, 2.05) is 51.3 Å². The molecule has 144 valence electrons. The molecule has 0 saturated heterocycles. The number of hydrazone groups is 1. The molecular weight excluding hydrogens is 368 g/mol. The Balaban J connectivity index is 2.51. The highest BCUT2D eigenvalue weighted by Crippen LogP contribution is 2.36. The van der Waals surface area contributed by atoms with Crippen molar-refractivity contribution in [1.82, 2.24) is 5.43 Å². The Bertz CT molecular complexity index is 628. The van der Waals surface area contributed by atoms with E-state index in [4.69, 9.17) is 4.74 Å². The van der Waals surface area contributed by atoms with Crippen molar-refractivity contribution in [3.05, 3.63) is 29.8 Å². The predicted octanol–water partition coefficient (Wildman–Crippen LogP) is 4.45. The highest BCUT2D eigenvalue weighted by molar-refractivity contribution is 8.76. The van der Waals surface area contributed by atoms with E-state index >= 15 is 0 Å². The molecule has 0 unspecified atom stereocenters. The van der Waals surface area contributed by atoms with Gasteiger partial charge in [0.15, 0.2) is 0 Å². The van der Waals surface area contributed by atoms with E-state index < -0.39 is 0 Å².